The number of carbonyl (C=O) groups is 1. The number of amides is 1. The van der Waals surface area contributed by atoms with Crippen molar-refractivity contribution in [3.8, 4) is 0 Å². The first-order valence-corrected chi connectivity index (χ1v) is 7.97. The first-order valence-electron chi connectivity index (χ1n) is 6.48. The van der Waals surface area contributed by atoms with Crippen LogP contribution in [0.4, 0.5) is 10.1 Å². The van der Waals surface area contributed by atoms with E-state index in [4.69, 9.17) is 5.73 Å². The van der Waals surface area contributed by atoms with Crippen LogP contribution < -0.4 is 15.8 Å². The minimum Gasteiger partial charge on any atom is -0.399 e. The van der Waals surface area contributed by atoms with Gasteiger partial charge in [-0.15, -0.1) is 0 Å². The standard InChI is InChI=1S/C13H20FN3O3S/c1-8(2)7-16-13(18)9(3)17-21(19,20)12-5-4-10(15)6-11(12)14/h4-6,8-9,17H,7,15H2,1-3H3,(H,16,18). The van der Waals surface area contributed by atoms with E-state index >= 15 is 0 Å². The highest BCUT2D eigenvalue weighted by Gasteiger charge is 2.24. The molecule has 0 heterocycles. The second-order valence-corrected chi connectivity index (χ2v) is 6.85. The van der Waals surface area contributed by atoms with Crippen molar-refractivity contribution in [3.05, 3.63) is 24.0 Å². The Hall–Kier alpha value is -1.67. The highest BCUT2D eigenvalue weighted by Crippen LogP contribution is 2.17. The molecule has 0 saturated heterocycles. The molecule has 1 unspecified atom stereocenters. The van der Waals surface area contributed by atoms with Crippen LogP contribution in [0.15, 0.2) is 23.1 Å². The van der Waals surface area contributed by atoms with E-state index in [2.05, 4.69) is 10.0 Å². The molecule has 0 radical (unpaired) electrons. The van der Waals surface area contributed by atoms with Gasteiger partial charge in [-0.25, -0.2) is 12.8 Å². The number of nitrogens with two attached hydrogens (primary N) is 1. The molecule has 8 heteroatoms. The minimum atomic E-state index is -4.13. The molecular weight excluding hydrogens is 297 g/mol. The van der Waals surface area contributed by atoms with Crippen LogP contribution in [0.25, 0.3) is 0 Å². The van der Waals surface area contributed by atoms with Gasteiger partial charge in [-0.05, 0) is 31.0 Å². The van der Waals surface area contributed by atoms with Gasteiger partial charge < -0.3 is 11.1 Å². The van der Waals surface area contributed by atoms with Crippen LogP contribution in [0.2, 0.25) is 0 Å². The molecule has 0 spiro atoms. The van der Waals surface area contributed by atoms with Crippen molar-refractivity contribution in [2.45, 2.75) is 31.7 Å². The second-order valence-electron chi connectivity index (χ2n) is 5.17. The lowest BCUT2D eigenvalue weighted by Crippen LogP contribution is -2.45. The van der Waals surface area contributed by atoms with Crippen molar-refractivity contribution in [2.24, 2.45) is 5.92 Å². The number of hydrogen-bond acceptors (Lipinski definition) is 4. The average molecular weight is 317 g/mol. The number of nitrogens with one attached hydrogen (secondary N) is 2. The van der Waals surface area contributed by atoms with Gasteiger partial charge in [0.15, 0.2) is 0 Å². The predicted molar refractivity (Wildman–Crippen MR) is 78.4 cm³/mol. The monoisotopic (exact) mass is 317 g/mol. The summed E-state index contributed by atoms with van der Waals surface area (Å²) in [5, 5.41) is 2.60. The summed E-state index contributed by atoms with van der Waals surface area (Å²) < 4.78 is 39.9. The van der Waals surface area contributed by atoms with Gasteiger partial charge in [0.25, 0.3) is 0 Å². The SMILES string of the molecule is CC(C)CNC(=O)C(C)NS(=O)(=O)c1ccc(N)cc1F. The number of sulfonamides is 1. The highest BCUT2D eigenvalue weighted by atomic mass is 32.2. The molecule has 21 heavy (non-hydrogen) atoms. The first-order chi connectivity index (χ1) is 9.63. The molecule has 1 atom stereocenters. The maximum Gasteiger partial charge on any atom is 0.244 e. The zero-order valence-electron chi connectivity index (χ0n) is 12.2. The second kappa shape index (κ2) is 6.86. The highest BCUT2D eigenvalue weighted by molar-refractivity contribution is 7.89. The van der Waals surface area contributed by atoms with Gasteiger partial charge in [0.05, 0.1) is 6.04 Å². The van der Waals surface area contributed by atoms with E-state index in [1.807, 2.05) is 13.8 Å². The number of rotatable bonds is 6. The summed E-state index contributed by atoms with van der Waals surface area (Å²) in [6.07, 6.45) is 0. The van der Waals surface area contributed by atoms with Crippen LogP contribution in [0.5, 0.6) is 0 Å². The van der Waals surface area contributed by atoms with Gasteiger partial charge in [-0.3, -0.25) is 4.79 Å². The number of halogens is 1. The van der Waals surface area contributed by atoms with Gasteiger partial charge >= 0.3 is 0 Å². The summed E-state index contributed by atoms with van der Waals surface area (Å²) in [7, 11) is -4.13. The third-order valence-electron chi connectivity index (χ3n) is 2.66. The van der Waals surface area contributed by atoms with Crippen molar-refractivity contribution < 1.29 is 17.6 Å². The number of carbonyl (C=O) groups excluding carboxylic acids is 1. The summed E-state index contributed by atoms with van der Waals surface area (Å²) in [5.74, 6) is -1.19. The maximum atomic E-state index is 13.7. The van der Waals surface area contributed by atoms with E-state index in [0.29, 0.717) is 6.54 Å². The van der Waals surface area contributed by atoms with Crippen molar-refractivity contribution in [3.63, 3.8) is 0 Å². The third-order valence-corrected chi connectivity index (χ3v) is 4.23. The molecule has 1 amide bonds. The molecule has 0 aliphatic carbocycles. The molecule has 118 valence electrons. The number of nitrogen functional groups attached to an aromatic ring is 1. The zero-order valence-corrected chi connectivity index (χ0v) is 13.0. The smallest absolute Gasteiger partial charge is 0.244 e. The van der Waals surface area contributed by atoms with Gasteiger partial charge in [0.2, 0.25) is 15.9 Å². The molecule has 6 nitrogen and oxygen atoms in total. The van der Waals surface area contributed by atoms with E-state index in [9.17, 15) is 17.6 Å². The first kappa shape index (κ1) is 17.4. The van der Waals surface area contributed by atoms with Crippen molar-refractivity contribution in [2.75, 3.05) is 12.3 Å². The Kier molecular flexibility index (Phi) is 5.68. The zero-order chi connectivity index (χ0) is 16.2. The number of benzene rings is 1. The van der Waals surface area contributed by atoms with Crippen molar-refractivity contribution in [1.82, 2.24) is 10.0 Å². The topological polar surface area (TPSA) is 101 Å². The Morgan fingerprint density at radius 2 is 1.95 bits per heavy atom. The molecule has 4 N–H and O–H groups in total. The fourth-order valence-corrected chi connectivity index (χ4v) is 2.80. The van der Waals surface area contributed by atoms with Crippen molar-refractivity contribution in [1.29, 1.82) is 0 Å². The summed E-state index contributed by atoms with van der Waals surface area (Å²) >= 11 is 0. The molecule has 1 aromatic rings. The molecule has 0 aliphatic rings. The number of hydrogen-bond donors (Lipinski definition) is 3. The largest absolute Gasteiger partial charge is 0.399 e. The lowest BCUT2D eigenvalue weighted by Gasteiger charge is -2.15. The van der Waals surface area contributed by atoms with Gasteiger partial charge in [-0.1, -0.05) is 13.8 Å². The molecule has 0 aliphatic heterocycles. The van der Waals surface area contributed by atoms with E-state index in [0.717, 1.165) is 12.1 Å². The average Bonchev–Trinajstić information content (AvgIpc) is 2.34. The summed E-state index contributed by atoms with van der Waals surface area (Å²) in [5.41, 5.74) is 5.49. The van der Waals surface area contributed by atoms with Crippen LogP contribution in [0.1, 0.15) is 20.8 Å². The fraction of sp³-hybridized carbons (Fsp3) is 0.462. The molecule has 0 fully saturated rings. The van der Waals surface area contributed by atoms with E-state index in [1.54, 1.807) is 0 Å². The van der Waals surface area contributed by atoms with Crippen LogP contribution in [0.3, 0.4) is 0 Å². The molecule has 0 aromatic heterocycles. The summed E-state index contributed by atoms with van der Waals surface area (Å²) in [6, 6.07) is 2.25. The number of anilines is 1. The molecule has 0 saturated carbocycles. The van der Waals surface area contributed by atoms with Gasteiger partial charge in [-0.2, -0.15) is 4.72 Å². The molecule has 1 rings (SSSR count). The van der Waals surface area contributed by atoms with E-state index in [-0.39, 0.29) is 11.6 Å². The quantitative estimate of drug-likeness (QED) is 0.677. The molecule has 0 bridgehead atoms. The maximum absolute atomic E-state index is 13.7. The molecular formula is C13H20FN3O3S. The fourth-order valence-electron chi connectivity index (χ4n) is 1.54. The third kappa shape index (κ3) is 4.98. The van der Waals surface area contributed by atoms with Crippen molar-refractivity contribution >= 4 is 21.6 Å². The summed E-state index contributed by atoms with van der Waals surface area (Å²) in [4.78, 5) is 11.2. The lowest BCUT2D eigenvalue weighted by atomic mass is 10.2. The molecule has 1 aromatic carbocycles. The Labute approximate surface area is 124 Å². The van der Waals surface area contributed by atoms with Crippen LogP contribution in [0, 0.1) is 11.7 Å². The van der Waals surface area contributed by atoms with Crippen LogP contribution in [-0.2, 0) is 14.8 Å². The Bertz CT molecular complexity index is 617. The Balaban J connectivity index is 2.82. The Morgan fingerprint density at radius 3 is 2.48 bits per heavy atom. The Morgan fingerprint density at radius 1 is 1.33 bits per heavy atom. The minimum absolute atomic E-state index is 0.120. The van der Waals surface area contributed by atoms with Crippen LogP contribution in [-0.4, -0.2) is 26.9 Å². The van der Waals surface area contributed by atoms with Gasteiger partial charge in [0.1, 0.15) is 10.7 Å². The predicted octanol–water partition coefficient (Wildman–Crippen LogP) is 0.847. The van der Waals surface area contributed by atoms with Crippen LogP contribution >= 0.6 is 0 Å². The normalized spacial score (nSPS) is 13.2. The van der Waals surface area contributed by atoms with Gasteiger partial charge in [0, 0.05) is 12.2 Å². The lowest BCUT2D eigenvalue weighted by molar-refractivity contribution is -0.122. The summed E-state index contributed by atoms with van der Waals surface area (Å²) in [6.45, 7) is 5.65. The van der Waals surface area contributed by atoms with E-state index in [1.165, 1.54) is 13.0 Å². The van der Waals surface area contributed by atoms with E-state index < -0.39 is 32.7 Å².